The van der Waals surface area contributed by atoms with Crippen molar-refractivity contribution in [2.45, 2.75) is 0 Å². The lowest BCUT2D eigenvalue weighted by molar-refractivity contribution is 0.168. The molecule has 64 valence electrons. The van der Waals surface area contributed by atoms with Gasteiger partial charge < -0.3 is 4.84 Å². The monoisotopic (exact) mass is 167 g/mol. The second-order valence-electron chi connectivity index (χ2n) is 2.29. The quantitative estimate of drug-likeness (QED) is 0.696. The van der Waals surface area contributed by atoms with Gasteiger partial charge in [0.25, 0.3) is 0 Å². The van der Waals surface area contributed by atoms with Gasteiger partial charge in [0, 0.05) is 0 Å². The van der Waals surface area contributed by atoms with Gasteiger partial charge in [0.15, 0.2) is 0 Å². The number of hydrogen-bond acceptors (Lipinski definition) is 2. The molecule has 0 saturated carbocycles. The Kier molecular flexibility index (Phi) is 3.44. The van der Waals surface area contributed by atoms with Gasteiger partial charge in [0.2, 0.25) is 0 Å². The van der Waals surface area contributed by atoms with Crippen molar-refractivity contribution in [3.05, 3.63) is 41.7 Å². The molecule has 1 aromatic rings. The van der Waals surface area contributed by atoms with Gasteiger partial charge in [0.1, 0.15) is 5.82 Å². The van der Waals surface area contributed by atoms with E-state index in [1.807, 2.05) is 6.08 Å². The molecule has 12 heavy (non-hydrogen) atoms. The molecule has 0 radical (unpaired) electrons. The molecular formula is C9H10FNO. The topological polar surface area (TPSA) is 35.2 Å². The average molecular weight is 167 g/mol. The summed E-state index contributed by atoms with van der Waals surface area (Å²) in [4.78, 5) is 4.33. The zero-order valence-electron chi connectivity index (χ0n) is 6.53. The van der Waals surface area contributed by atoms with Gasteiger partial charge in [-0.25, -0.2) is 10.3 Å². The fourth-order valence-electron chi connectivity index (χ4n) is 0.814. The van der Waals surface area contributed by atoms with Crippen LogP contribution in [0.15, 0.2) is 30.3 Å². The van der Waals surface area contributed by atoms with Crippen LogP contribution in [0.2, 0.25) is 0 Å². The van der Waals surface area contributed by atoms with Crippen LogP contribution in [0.1, 0.15) is 5.56 Å². The van der Waals surface area contributed by atoms with Crippen LogP contribution in [0, 0.1) is 5.82 Å². The van der Waals surface area contributed by atoms with Crippen molar-refractivity contribution in [2.75, 3.05) is 6.61 Å². The van der Waals surface area contributed by atoms with Gasteiger partial charge in [-0.05, 0) is 17.7 Å². The number of nitrogens with two attached hydrogens (primary N) is 1. The third-order valence-electron chi connectivity index (χ3n) is 1.37. The van der Waals surface area contributed by atoms with Crippen molar-refractivity contribution in [3.63, 3.8) is 0 Å². The molecule has 0 atom stereocenters. The zero-order valence-corrected chi connectivity index (χ0v) is 6.53. The van der Waals surface area contributed by atoms with Crippen LogP contribution in [0.25, 0.3) is 6.08 Å². The lowest BCUT2D eigenvalue weighted by Gasteiger charge is -1.92. The summed E-state index contributed by atoms with van der Waals surface area (Å²) >= 11 is 0. The fourth-order valence-corrected chi connectivity index (χ4v) is 0.814. The summed E-state index contributed by atoms with van der Waals surface area (Å²) in [5.74, 6) is 4.57. The Bertz CT molecular complexity index is 256. The van der Waals surface area contributed by atoms with Crippen molar-refractivity contribution >= 4 is 6.08 Å². The predicted molar refractivity (Wildman–Crippen MR) is 45.6 cm³/mol. The van der Waals surface area contributed by atoms with Gasteiger partial charge in [-0.2, -0.15) is 0 Å². The SMILES string of the molecule is NOCC=Cc1ccc(F)cc1. The van der Waals surface area contributed by atoms with E-state index in [9.17, 15) is 4.39 Å². The maximum absolute atomic E-state index is 12.4. The summed E-state index contributed by atoms with van der Waals surface area (Å²) in [7, 11) is 0. The van der Waals surface area contributed by atoms with E-state index in [1.54, 1.807) is 18.2 Å². The Hall–Kier alpha value is -1.19. The molecule has 0 aromatic heterocycles. The Morgan fingerprint density at radius 2 is 2.00 bits per heavy atom. The van der Waals surface area contributed by atoms with E-state index in [0.717, 1.165) is 5.56 Å². The van der Waals surface area contributed by atoms with Crippen LogP contribution in [0.5, 0.6) is 0 Å². The second kappa shape index (κ2) is 4.64. The molecule has 0 aliphatic rings. The molecule has 1 aromatic carbocycles. The highest BCUT2D eigenvalue weighted by Crippen LogP contribution is 2.03. The minimum atomic E-state index is -0.234. The molecule has 0 unspecified atom stereocenters. The molecule has 3 heteroatoms. The molecule has 0 amide bonds. The van der Waals surface area contributed by atoms with E-state index in [4.69, 9.17) is 5.90 Å². The van der Waals surface area contributed by atoms with E-state index in [0.29, 0.717) is 6.61 Å². The standard InChI is InChI=1S/C9H10FNO/c10-9-5-3-8(4-6-9)2-1-7-12-11/h1-6H,7,11H2. The first-order chi connectivity index (χ1) is 5.83. The molecular weight excluding hydrogens is 157 g/mol. The largest absolute Gasteiger partial charge is 0.300 e. The van der Waals surface area contributed by atoms with Gasteiger partial charge in [-0.3, -0.25) is 0 Å². The number of rotatable bonds is 3. The van der Waals surface area contributed by atoms with Gasteiger partial charge >= 0.3 is 0 Å². The minimum Gasteiger partial charge on any atom is -0.300 e. The predicted octanol–water partition coefficient (Wildman–Crippen LogP) is 1.73. The number of halogens is 1. The first kappa shape index (κ1) is 8.90. The van der Waals surface area contributed by atoms with Gasteiger partial charge in [-0.15, -0.1) is 0 Å². The maximum atomic E-state index is 12.4. The lowest BCUT2D eigenvalue weighted by atomic mass is 10.2. The highest BCUT2D eigenvalue weighted by Gasteiger charge is 1.87. The van der Waals surface area contributed by atoms with Gasteiger partial charge in [-0.1, -0.05) is 24.3 Å². The Labute approximate surface area is 70.4 Å². The summed E-state index contributed by atoms with van der Waals surface area (Å²) in [5, 5.41) is 0. The van der Waals surface area contributed by atoms with Crippen LogP contribution in [0.3, 0.4) is 0 Å². The van der Waals surface area contributed by atoms with Crippen molar-refractivity contribution in [3.8, 4) is 0 Å². The Balaban J connectivity index is 2.58. The second-order valence-corrected chi connectivity index (χ2v) is 2.29. The van der Waals surface area contributed by atoms with Gasteiger partial charge in [0.05, 0.1) is 6.61 Å². The molecule has 0 fully saturated rings. The van der Waals surface area contributed by atoms with Crippen molar-refractivity contribution in [1.29, 1.82) is 0 Å². The van der Waals surface area contributed by atoms with E-state index < -0.39 is 0 Å². The Morgan fingerprint density at radius 1 is 1.33 bits per heavy atom. The van der Waals surface area contributed by atoms with Crippen molar-refractivity contribution in [1.82, 2.24) is 0 Å². The highest BCUT2D eigenvalue weighted by molar-refractivity contribution is 5.48. The van der Waals surface area contributed by atoms with E-state index in [2.05, 4.69) is 4.84 Å². The van der Waals surface area contributed by atoms with Crippen LogP contribution in [-0.4, -0.2) is 6.61 Å². The molecule has 1 rings (SSSR count). The highest BCUT2D eigenvalue weighted by atomic mass is 19.1. The average Bonchev–Trinajstić information content (AvgIpc) is 2.09. The summed E-state index contributed by atoms with van der Waals surface area (Å²) in [5.41, 5.74) is 0.924. The van der Waals surface area contributed by atoms with Crippen LogP contribution < -0.4 is 5.90 Å². The normalized spacial score (nSPS) is 10.8. The Morgan fingerprint density at radius 3 is 2.58 bits per heavy atom. The summed E-state index contributed by atoms with van der Waals surface area (Å²) in [6.45, 7) is 0.359. The third-order valence-corrected chi connectivity index (χ3v) is 1.37. The summed E-state index contributed by atoms with van der Waals surface area (Å²) in [6, 6.07) is 6.18. The zero-order chi connectivity index (χ0) is 8.81. The summed E-state index contributed by atoms with van der Waals surface area (Å²) in [6.07, 6.45) is 3.57. The molecule has 2 nitrogen and oxygen atoms in total. The first-order valence-electron chi connectivity index (χ1n) is 3.56. The maximum Gasteiger partial charge on any atom is 0.123 e. The molecule has 0 heterocycles. The molecule has 0 bridgehead atoms. The minimum absolute atomic E-state index is 0.234. The van der Waals surface area contributed by atoms with E-state index in [1.165, 1.54) is 12.1 Å². The molecule has 2 N–H and O–H groups in total. The number of benzene rings is 1. The molecule has 0 saturated heterocycles. The molecule has 0 aliphatic heterocycles. The molecule has 0 aliphatic carbocycles. The van der Waals surface area contributed by atoms with Crippen molar-refractivity contribution in [2.24, 2.45) is 5.90 Å². The van der Waals surface area contributed by atoms with Crippen molar-refractivity contribution < 1.29 is 9.23 Å². The van der Waals surface area contributed by atoms with Crippen LogP contribution in [-0.2, 0) is 4.84 Å². The fraction of sp³-hybridized carbons (Fsp3) is 0.111. The smallest absolute Gasteiger partial charge is 0.123 e. The molecule has 0 spiro atoms. The van der Waals surface area contributed by atoms with Crippen LogP contribution in [0.4, 0.5) is 4.39 Å². The van der Waals surface area contributed by atoms with E-state index in [-0.39, 0.29) is 5.82 Å². The lowest BCUT2D eigenvalue weighted by Crippen LogP contribution is -1.96. The summed E-state index contributed by atoms with van der Waals surface area (Å²) < 4.78 is 12.4. The van der Waals surface area contributed by atoms with Crippen LogP contribution >= 0.6 is 0 Å². The number of hydrogen-bond donors (Lipinski definition) is 1. The first-order valence-corrected chi connectivity index (χ1v) is 3.56. The third kappa shape index (κ3) is 2.82. The van der Waals surface area contributed by atoms with E-state index >= 15 is 0 Å².